The van der Waals surface area contributed by atoms with Gasteiger partial charge in [-0.05, 0) is 23.8 Å². The fourth-order valence-corrected chi connectivity index (χ4v) is 1.52. The molecule has 2 heterocycles. The molecule has 2 aromatic heterocycles. The number of hydrogen-bond acceptors (Lipinski definition) is 4. The summed E-state index contributed by atoms with van der Waals surface area (Å²) in [6.07, 6.45) is 4.45. The number of carboxylic acid groups (broad SMARTS) is 1. The Morgan fingerprint density at radius 1 is 1.44 bits per heavy atom. The van der Waals surface area contributed by atoms with Crippen molar-refractivity contribution in [2.24, 2.45) is 5.73 Å². The lowest BCUT2D eigenvalue weighted by atomic mass is 9.90. The number of furan rings is 2. The maximum Gasteiger partial charge on any atom is 0.331 e. The Kier molecular flexibility index (Phi) is 2.54. The Morgan fingerprint density at radius 3 is 2.75 bits per heavy atom. The van der Waals surface area contributed by atoms with Crippen molar-refractivity contribution in [3.05, 3.63) is 48.3 Å². The molecule has 5 nitrogen and oxygen atoms in total. The van der Waals surface area contributed by atoms with E-state index in [1.54, 1.807) is 18.2 Å². The number of nitrogens with two attached hydrogens (primary N) is 1. The lowest BCUT2D eigenvalue weighted by Crippen LogP contribution is -2.46. The van der Waals surface area contributed by atoms with Gasteiger partial charge in [0.1, 0.15) is 5.76 Å². The molecule has 0 bridgehead atoms. The van der Waals surface area contributed by atoms with E-state index in [9.17, 15) is 9.90 Å². The summed E-state index contributed by atoms with van der Waals surface area (Å²) in [5.41, 5.74) is 5.01. The van der Waals surface area contributed by atoms with Crippen LogP contribution in [-0.2, 0) is 16.8 Å². The topological polar surface area (TPSA) is 89.6 Å². The molecular weight excluding hydrogens is 210 g/mol. The molecule has 0 radical (unpaired) electrons. The van der Waals surface area contributed by atoms with Gasteiger partial charge in [-0.3, -0.25) is 0 Å². The van der Waals surface area contributed by atoms with Gasteiger partial charge in [-0.2, -0.15) is 0 Å². The molecule has 16 heavy (non-hydrogen) atoms. The minimum atomic E-state index is -1.56. The number of carbonyl (C=O) groups is 1. The Labute approximate surface area is 91.5 Å². The van der Waals surface area contributed by atoms with Gasteiger partial charge in [0.05, 0.1) is 18.8 Å². The largest absolute Gasteiger partial charge is 0.480 e. The van der Waals surface area contributed by atoms with Crippen molar-refractivity contribution in [2.45, 2.75) is 12.0 Å². The van der Waals surface area contributed by atoms with Crippen molar-refractivity contribution in [3.63, 3.8) is 0 Å². The average molecular weight is 221 g/mol. The first-order valence-corrected chi connectivity index (χ1v) is 4.70. The highest BCUT2D eigenvalue weighted by Crippen LogP contribution is 2.24. The van der Waals surface area contributed by atoms with Crippen LogP contribution < -0.4 is 5.73 Å². The molecule has 1 atom stereocenters. The van der Waals surface area contributed by atoms with Gasteiger partial charge in [-0.1, -0.05) is 0 Å². The van der Waals surface area contributed by atoms with Crippen molar-refractivity contribution in [2.75, 3.05) is 0 Å². The van der Waals surface area contributed by atoms with Gasteiger partial charge >= 0.3 is 5.97 Å². The Morgan fingerprint density at radius 2 is 2.25 bits per heavy atom. The van der Waals surface area contributed by atoms with E-state index >= 15 is 0 Å². The lowest BCUT2D eigenvalue weighted by molar-refractivity contribution is -0.144. The van der Waals surface area contributed by atoms with Crippen LogP contribution in [0.2, 0.25) is 0 Å². The van der Waals surface area contributed by atoms with E-state index in [1.165, 1.54) is 18.8 Å². The van der Waals surface area contributed by atoms with Crippen molar-refractivity contribution in [1.82, 2.24) is 0 Å². The molecular formula is C11H11NO4. The summed E-state index contributed by atoms with van der Waals surface area (Å²) in [5, 5.41) is 9.19. The van der Waals surface area contributed by atoms with Gasteiger partial charge in [0.15, 0.2) is 5.54 Å². The molecule has 0 saturated carbocycles. The predicted octanol–water partition coefficient (Wildman–Crippen LogP) is 1.35. The van der Waals surface area contributed by atoms with Gasteiger partial charge in [0, 0.05) is 6.42 Å². The smallest absolute Gasteiger partial charge is 0.331 e. The third-order valence-corrected chi connectivity index (χ3v) is 2.41. The highest BCUT2D eigenvalue weighted by atomic mass is 16.4. The SMILES string of the molecule is N[C@](Cc1ccoc1)(C(=O)O)c1ccco1. The molecule has 0 spiro atoms. The van der Waals surface area contributed by atoms with Gasteiger partial charge in [0.25, 0.3) is 0 Å². The van der Waals surface area contributed by atoms with Gasteiger partial charge in [-0.25, -0.2) is 4.79 Å². The minimum absolute atomic E-state index is 0.117. The van der Waals surface area contributed by atoms with Crippen molar-refractivity contribution in [1.29, 1.82) is 0 Å². The van der Waals surface area contributed by atoms with Crippen LogP contribution in [0.15, 0.2) is 45.8 Å². The molecule has 3 N–H and O–H groups in total. The zero-order valence-electron chi connectivity index (χ0n) is 8.42. The Hall–Kier alpha value is -2.01. The first kappa shape index (κ1) is 10.5. The van der Waals surface area contributed by atoms with Crippen LogP contribution in [0.1, 0.15) is 11.3 Å². The van der Waals surface area contributed by atoms with Crippen molar-refractivity contribution >= 4 is 5.97 Å². The molecule has 0 aliphatic rings. The van der Waals surface area contributed by atoms with E-state index in [1.807, 2.05) is 0 Å². The fraction of sp³-hybridized carbons (Fsp3) is 0.182. The number of rotatable bonds is 4. The second-order valence-electron chi connectivity index (χ2n) is 3.56. The standard InChI is InChI=1S/C11H11NO4/c12-11(10(13)14,9-2-1-4-16-9)6-8-3-5-15-7-8/h1-5,7H,6,12H2,(H,13,14)/t11-/m0/s1. The Bertz CT molecular complexity index is 460. The van der Waals surface area contributed by atoms with Crippen molar-refractivity contribution in [3.8, 4) is 0 Å². The van der Waals surface area contributed by atoms with Crippen LogP contribution in [0, 0.1) is 0 Å². The molecule has 0 aromatic carbocycles. The van der Waals surface area contributed by atoms with E-state index in [4.69, 9.17) is 14.6 Å². The second kappa shape index (κ2) is 3.86. The summed E-state index contributed by atoms with van der Waals surface area (Å²) in [5.74, 6) is -0.912. The van der Waals surface area contributed by atoms with Crippen LogP contribution in [0.4, 0.5) is 0 Å². The summed E-state index contributed by atoms with van der Waals surface area (Å²) in [4.78, 5) is 11.2. The van der Waals surface area contributed by atoms with E-state index in [0.717, 1.165) is 0 Å². The van der Waals surface area contributed by atoms with E-state index < -0.39 is 11.5 Å². The van der Waals surface area contributed by atoms with Crippen LogP contribution in [0.25, 0.3) is 0 Å². The number of hydrogen-bond donors (Lipinski definition) is 2. The molecule has 0 unspecified atom stereocenters. The molecule has 0 amide bonds. The monoisotopic (exact) mass is 221 g/mol. The van der Waals surface area contributed by atoms with Crippen LogP contribution in [-0.4, -0.2) is 11.1 Å². The third kappa shape index (κ3) is 1.72. The summed E-state index contributed by atoms with van der Waals surface area (Å²) in [6, 6.07) is 4.83. The first-order chi connectivity index (χ1) is 7.63. The quantitative estimate of drug-likeness (QED) is 0.813. The highest BCUT2D eigenvalue weighted by Gasteiger charge is 2.39. The number of aliphatic carboxylic acids is 1. The zero-order chi connectivity index (χ0) is 11.6. The van der Waals surface area contributed by atoms with Crippen LogP contribution >= 0.6 is 0 Å². The Balaban J connectivity index is 2.33. The second-order valence-corrected chi connectivity index (χ2v) is 3.56. The summed E-state index contributed by atoms with van der Waals surface area (Å²) in [6.45, 7) is 0. The molecule has 2 aromatic rings. The molecule has 0 aliphatic heterocycles. The minimum Gasteiger partial charge on any atom is -0.480 e. The molecule has 84 valence electrons. The van der Waals surface area contributed by atoms with Crippen LogP contribution in [0.3, 0.4) is 0 Å². The van der Waals surface area contributed by atoms with E-state index in [0.29, 0.717) is 5.56 Å². The predicted molar refractivity (Wildman–Crippen MR) is 54.6 cm³/mol. The van der Waals surface area contributed by atoms with E-state index in [-0.39, 0.29) is 12.2 Å². The average Bonchev–Trinajstić information content (AvgIpc) is 2.88. The van der Waals surface area contributed by atoms with E-state index in [2.05, 4.69) is 0 Å². The molecule has 0 aliphatic carbocycles. The maximum absolute atomic E-state index is 11.2. The maximum atomic E-state index is 11.2. The third-order valence-electron chi connectivity index (χ3n) is 2.41. The fourth-order valence-electron chi connectivity index (χ4n) is 1.52. The number of carboxylic acids is 1. The molecule has 5 heteroatoms. The van der Waals surface area contributed by atoms with Gasteiger partial charge < -0.3 is 19.7 Å². The zero-order valence-corrected chi connectivity index (χ0v) is 8.42. The molecule has 0 saturated heterocycles. The van der Waals surface area contributed by atoms with Crippen LogP contribution in [0.5, 0.6) is 0 Å². The van der Waals surface area contributed by atoms with Gasteiger partial charge in [0.2, 0.25) is 0 Å². The summed E-state index contributed by atoms with van der Waals surface area (Å²) < 4.78 is 9.95. The lowest BCUT2D eigenvalue weighted by Gasteiger charge is -2.21. The van der Waals surface area contributed by atoms with Crippen molar-refractivity contribution < 1.29 is 18.7 Å². The van der Waals surface area contributed by atoms with Gasteiger partial charge in [-0.15, -0.1) is 0 Å². The normalized spacial score (nSPS) is 14.6. The summed E-state index contributed by atoms with van der Waals surface area (Å²) in [7, 11) is 0. The summed E-state index contributed by atoms with van der Waals surface area (Å²) >= 11 is 0. The highest BCUT2D eigenvalue weighted by molar-refractivity contribution is 5.80. The molecule has 0 fully saturated rings. The first-order valence-electron chi connectivity index (χ1n) is 4.70. The molecule has 2 rings (SSSR count).